The van der Waals surface area contributed by atoms with Crippen LogP contribution in [0.2, 0.25) is 0 Å². The molecule has 0 amide bonds. The molecule has 352 valence electrons. The maximum atomic E-state index is 7.37. The summed E-state index contributed by atoms with van der Waals surface area (Å²) in [6.07, 6.45) is 7.02. The number of aryl methyl sites for hydroxylation is 2. The van der Waals surface area contributed by atoms with Crippen LogP contribution < -0.4 is 21.1 Å². The van der Waals surface area contributed by atoms with Crippen LogP contribution in [0, 0.1) is 19.3 Å². The number of benzene rings is 7. The first-order valence-corrected chi connectivity index (χ1v) is 26.0. The molecule has 1 unspecified atom stereocenters. The molecule has 0 spiro atoms. The molecule has 4 heteroatoms. The fourth-order valence-corrected chi connectivity index (χ4v) is 13.4. The van der Waals surface area contributed by atoms with Crippen LogP contribution in [-0.4, -0.2) is 29.8 Å². The summed E-state index contributed by atoms with van der Waals surface area (Å²) in [5, 5.41) is 3.66. The standard InChI is InChI=1S/C66H72B2N2/c1-40-20-19-21-41(2)58(40)43-24-28-56(68)50(34-43)51-36-45(69-12)37-55(66(11)31-18-17-30-64(66,7)8)59(51)47-27-26-46-49-38-53-54(63(5,6)33-32-62(53,3)4)39-52(49)65(9,10)60(46)61(47)70(13)57-29-25-44(67)35-48(57)42-22-15-14-16-23-42/h14-16,19-29,34-39,69H,17-18,30-33H2,1-13H3. The summed E-state index contributed by atoms with van der Waals surface area (Å²) in [4.78, 5) is 2.52. The zero-order valence-electron chi connectivity index (χ0n) is 44.4. The number of rotatable bonds is 8. The van der Waals surface area contributed by atoms with E-state index in [4.69, 9.17) is 15.7 Å². The summed E-state index contributed by atoms with van der Waals surface area (Å²) >= 11 is 0. The Balaban J connectivity index is 1.36. The molecule has 1 N–H and O–H groups in total. The molecule has 7 aromatic rings. The number of hydrogen-bond acceptors (Lipinski definition) is 2. The first kappa shape index (κ1) is 47.9. The molecule has 4 radical (unpaired) electrons. The van der Waals surface area contributed by atoms with Crippen LogP contribution in [0.4, 0.5) is 17.1 Å². The molecule has 1 atom stereocenters. The van der Waals surface area contributed by atoms with Crippen molar-refractivity contribution >= 4 is 43.7 Å². The minimum Gasteiger partial charge on any atom is -0.388 e. The van der Waals surface area contributed by atoms with Gasteiger partial charge in [0.1, 0.15) is 15.7 Å². The van der Waals surface area contributed by atoms with Crippen molar-refractivity contribution in [3.63, 3.8) is 0 Å². The number of nitrogens with one attached hydrogen (secondary N) is 1. The van der Waals surface area contributed by atoms with Gasteiger partial charge in [-0.1, -0.05) is 177 Å². The molecule has 2 nitrogen and oxygen atoms in total. The van der Waals surface area contributed by atoms with E-state index >= 15 is 0 Å². The highest BCUT2D eigenvalue weighted by Gasteiger charge is 2.48. The second-order valence-electron chi connectivity index (χ2n) is 24.1. The SMILES string of the molecule is [B]c1ccc(N(C)c2c(-c3c(-c4cc(-c5c(C)cccc5C)ccc4[B])cc(NC)cc3C3(C)CCCCC3(C)C)ccc3c2C(C)(C)c2cc4c(cc2-3)C(C)(C)CCC4(C)C)c(-c2ccccc2)c1. The van der Waals surface area contributed by atoms with E-state index in [1.165, 1.54) is 104 Å². The third kappa shape index (κ3) is 7.52. The molecule has 7 aromatic carbocycles. The normalized spacial score (nSPS) is 19.2. The summed E-state index contributed by atoms with van der Waals surface area (Å²) in [6.45, 7) is 26.8. The lowest BCUT2D eigenvalue weighted by molar-refractivity contribution is 0.110. The molecule has 0 heterocycles. The molecule has 3 aliphatic rings. The Morgan fingerprint density at radius 1 is 0.500 bits per heavy atom. The molecule has 3 aliphatic carbocycles. The van der Waals surface area contributed by atoms with Crippen LogP contribution in [0.3, 0.4) is 0 Å². The highest BCUT2D eigenvalue weighted by atomic mass is 15.1. The number of fused-ring (bicyclic) bond motifs is 4. The van der Waals surface area contributed by atoms with Gasteiger partial charge in [-0.05, 0) is 175 Å². The van der Waals surface area contributed by atoms with Crippen LogP contribution in [0.1, 0.15) is 140 Å². The van der Waals surface area contributed by atoms with E-state index in [1.54, 1.807) is 0 Å². The van der Waals surface area contributed by atoms with Gasteiger partial charge in [0.2, 0.25) is 0 Å². The smallest absolute Gasteiger partial charge is 0.114 e. The maximum Gasteiger partial charge on any atom is 0.114 e. The first-order chi connectivity index (χ1) is 33.1. The van der Waals surface area contributed by atoms with Gasteiger partial charge in [-0.15, -0.1) is 0 Å². The van der Waals surface area contributed by atoms with Gasteiger partial charge in [-0.2, -0.15) is 0 Å². The largest absolute Gasteiger partial charge is 0.388 e. The topological polar surface area (TPSA) is 15.3 Å². The van der Waals surface area contributed by atoms with Crippen molar-refractivity contribution in [1.29, 1.82) is 0 Å². The second kappa shape index (κ2) is 17.0. The average Bonchev–Trinajstić information content (AvgIpc) is 3.55. The molecular weight excluding hydrogens is 842 g/mol. The van der Waals surface area contributed by atoms with Crippen molar-refractivity contribution in [3.05, 3.63) is 160 Å². The van der Waals surface area contributed by atoms with Crippen LogP contribution in [0.5, 0.6) is 0 Å². The van der Waals surface area contributed by atoms with Gasteiger partial charge in [-0.25, -0.2) is 0 Å². The molecule has 0 saturated heterocycles. The Hall–Kier alpha value is -5.73. The van der Waals surface area contributed by atoms with Crippen LogP contribution >= 0.6 is 0 Å². The van der Waals surface area contributed by atoms with Gasteiger partial charge < -0.3 is 10.2 Å². The van der Waals surface area contributed by atoms with Crippen LogP contribution in [-0.2, 0) is 21.7 Å². The van der Waals surface area contributed by atoms with Gasteiger partial charge in [0.05, 0.1) is 5.69 Å². The fourth-order valence-electron chi connectivity index (χ4n) is 13.4. The van der Waals surface area contributed by atoms with Gasteiger partial charge in [0.15, 0.2) is 0 Å². The van der Waals surface area contributed by atoms with Crippen molar-refractivity contribution in [2.75, 3.05) is 24.3 Å². The Kier molecular flexibility index (Phi) is 11.6. The summed E-state index contributed by atoms with van der Waals surface area (Å²) in [7, 11) is 18.5. The monoisotopic (exact) mass is 915 g/mol. The molecule has 10 rings (SSSR count). The number of hydrogen-bond donors (Lipinski definition) is 1. The lowest BCUT2D eigenvalue weighted by Crippen LogP contribution is -2.42. The molecule has 1 fully saturated rings. The molecule has 1 saturated carbocycles. The zero-order chi connectivity index (χ0) is 49.9. The van der Waals surface area contributed by atoms with E-state index in [0.717, 1.165) is 57.4 Å². The first-order valence-electron chi connectivity index (χ1n) is 26.0. The van der Waals surface area contributed by atoms with Gasteiger partial charge >= 0.3 is 0 Å². The minimum absolute atomic E-state index is 0.0176. The quantitative estimate of drug-likeness (QED) is 0.153. The summed E-state index contributed by atoms with van der Waals surface area (Å²) < 4.78 is 0. The van der Waals surface area contributed by atoms with Crippen molar-refractivity contribution in [2.45, 2.75) is 136 Å². The average molecular weight is 915 g/mol. The highest BCUT2D eigenvalue weighted by Crippen LogP contribution is 2.62. The Bertz CT molecular complexity index is 3200. The molecule has 0 bridgehead atoms. The van der Waals surface area contributed by atoms with E-state index < -0.39 is 0 Å². The van der Waals surface area contributed by atoms with Crippen molar-refractivity contribution in [1.82, 2.24) is 0 Å². The predicted molar refractivity (Wildman–Crippen MR) is 305 cm³/mol. The fraction of sp³-hybridized carbons (Fsp3) is 0.364. The molecule has 70 heavy (non-hydrogen) atoms. The number of nitrogens with zero attached hydrogens (tertiary/aromatic N) is 1. The van der Waals surface area contributed by atoms with Gasteiger partial charge in [-0.3, -0.25) is 0 Å². The van der Waals surface area contributed by atoms with Crippen molar-refractivity contribution in [3.8, 4) is 55.6 Å². The van der Waals surface area contributed by atoms with E-state index in [-0.39, 0.29) is 27.1 Å². The van der Waals surface area contributed by atoms with E-state index in [0.29, 0.717) is 0 Å². The zero-order valence-corrected chi connectivity index (χ0v) is 44.4. The Labute approximate surface area is 423 Å². The van der Waals surface area contributed by atoms with Crippen molar-refractivity contribution in [2.24, 2.45) is 5.41 Å². The van der Waals surface area contributed by atoms with Crippen LogP contribution in [0.25, 0.3) is 55.6 Å². The molecule has 0 aliphatic heterocycles. The Morgan fingerprint density at radius 2 is 1.16 bits per heavy atom. The minimum atomic E-state index is -0.349. The van der Waals surface area contributed by atoms with Gasteiger partial charge in [0, 0.05) is 42.0 Å². The van der Waals surface area contributed by atoms with E-state index in [9.17, 15) is 0 Å². The predicted octanol–water partition coefficient (Wildman–Crippen LogP) is 15.9. The maximum absolute atomic E-state index is 7.37. The lowest BCUT2D eigenvalue weighted by atomic mass is 9.54. The van der Waals surface area contributed by atoms with Crippen LogP contribution in [0.15, 0.2) is 121 Å². The van der Waals surface area contributed by atoms with E-state index in [1.807, 2.05) is 0 Å². The van der Waals surface area contributed by atoms with Gasteiger partial charge in [0.25, 0.3) is 0 Å². The second-order valence-corrected chi connectivity index (χ2v) is 24.1. The van der Waals surface area contributed by atoms with Crippen molar-refractivity contribution < 1.29 is 0 Å². The third-order valence-corrected chi connectivity index (χ3v) is 18.2. The molecular formula is C66H72B2N2. The molecule has 0 aromatic heterocycles. The lowest BCUT2D eigenvalue weighted by Gasteiger charge is -2.50. The summed E-state index contributed by atoms with van der Waals surface area (Å²) in [6, 6.07) is 45.6. The third-order valence-electron chi connectivity index (χ3n) is 18.2. The summed E-state index contributed by atoms with van der Waals surface area (Å²) in [5.74, 6) is 0. The van der Waals surface area contributed by atoms with E-state index in [2.05, 4.69) is 222 Å². The Morgan fingerprint density at radius 3 is 1.83 bits per heavy atom. The number of anilines is 3. The highest BCUT2D eigenvalue weighted by molar-refractivity contribution is 6.36. The summed E-state index contributed by atoms with van der Waals surface area (Å²) in [5.41, 5.74) is 26.3.